The summed E-state index contributed by atoms with van der Waals surface area (Å²) in [6.07, 6.45) is 1.51. The topological polar surface area (TPSA) is 95.7 Å². The molecule has 2 aliphatic rings. The summed E-state index contributed by atoms with van der Waals surface area (Å²) in [6.45, 7) is 5.10. The number of nitrogens with two attached hydrogens (primary N) is 1. The average Bonchev–Trinajstić information content (AvgIpc) is 2.92. The first kappa shape index (κ1) is 15.5. The lowest BCUT2D eigenvalue weighted by Gasteiger charge is -2.33. The molecule has 0 bridgehead atoms. The van der Waals surface area contributed by atoms with E-state index in [0.29, 0.717) is 19.6 Å². The number of carbonyl (C=O) groups is 2. The number of hydrogen-bond acceptors (Lipinski definition) is 6. The molecule has 3 heterocycles. The number of primary amides is 1. The number of nitrogens with zero attached hydrogens (tertiary/aromatic N) is 5. The van der Waals surface area contributed by atoms with Gasteiger partial charge < -0.3 is 20.4 Å². The normalized spacial score (nSPS) is 25.1. The molecule has 3 rings (SSSR count). The molecule has 1 aromatic rings. The minimum Gasteiger partial charge on any atom is -0.369 e. The number of carbonyl (C=O) groups excluding carboxylic acids is 2. The molecule has 8 heteroatoms. The first-order valence-corrected chi connectivity index (χ1v) is 7.81. The van der Waals surface area contributed by atoms with Gasteiger partial charge in [-0.2, -0.15) is 0 Å². The maximum atomic E-state index is 11.9. The zero-order valence-electron chi connectivity index (χ0n) is 13.5. The van der Waals surface area contributed by atoms with E-state index in [0.717, 1.165) is 24.7 Å². The van der Waals surface area contributed by atoms with E-state index in [1.165, 1.54) is 6.33 Å². The van der Waals surface area contributed by atoms with Crippen LogP contribution in [0.4, 0.5) is 11.6 Å². The van der Waals surface area contributed by atoms with Crippen LogP contribution in [0.15, 0.2) is 12.4 Å². The van der Waals surface area contributed by atoms with Gasteiger partial charge in [-0.3, -0.25) is 9.59 Å². The van der Waals surface area contributed by atoms with Gasteiger partial charge >= 0.3 is 0 Å². The van der Waals surface area contributed by atoms with E-state index < -0.39 is 0 Å². The molecule has 124 valence electrons. The zero-order chi connectivity index (χ0) is 16.6. The molecule has 2 amide bonds. The van der Waals surface area contributed by atoms with Gasteiger partial charge in [0, 0.05) is 39.3 Å². The summed E-state index contributed by atoms with van der Waals surface area (Å²) < 4.78 is 0. The van der Waals surface area contributed by atoms with Crippen molar-refractivity contribution in [1.82, 2.24) is 14.9 Å². The monoisotopic (exact) mass is 318 g/mol. The molecule has 0 radical (unpaired) electrons. The summed E-state index contributed by atoms with van der Waals surface area (Å²) in [5, 5.41) is 0. The molecule has 8 nitrogen and oxygen atoms in total. The Morgan fingerprint density at radius 3 is 2.52 bits per heavy atom. The molecule has 1 aromatic heterocycles. The minimum absolute atomic E-state index is 0.0833. The molecule has 2 fully saturated rings. The lowest BCUT2D eigenvalue weighted by Crippen LogP contribution is -2.48. The number of rotatable bonds is 3. The molecule has 2 saturated heterocycles. The molecular formula is C15H22N6O2. The quantitative estimate of drug-likeness (QED) is 0.793. The fourth-order valence-corrected chi connectivity index (χ4v) is 3.16. The number of anilines is 2. The van der Waals surface area contributed by atoms with Crippen molar-refractivity contribution < 1.29 is 9.59 Å². The van der Waals surface area contributed by atoms with Gasteiger partial charge in [-0.15, -0.1) is 0 Å². The third-order valence-corrected chi connectivity index (χ3v) is 4.72. The second-order valence-corrected chi connectivity index (χ2v) is 6.36. The average molecular weight is 318 g/mol. The molecule has 2 N–H and O–H groups in total. The van der Waals surface area contributed by atoms with Gasteiger partial charge in [0.05, 0.1) is 12.5 Å². The molecule has 0 unspecified atom stereocenters. The first-order valence-electron chi connectivity index (χ1n) is 7.81. The van der Waals surface area contributed by atoms with Gasteiger partial charge in [0.15, 0.2) is 0 Å². The molecule has 2 aliphatic heterocycles. The zero-order valence-corrected chi connectivity index (χ0v) is 13.5. The van der Waals surface area contributed by atoms with Gasteiger partial charge in [-0.25, -0.2) is 9.97 Å². The highest BCUT2D eigenvalue weighted by atomic mass is 16.2. The van der Waals surface area contributed by atoms with Crippen molar-refractivity contribution in [3.8, 4) is 0 Å². The van der Waals surface area contributed by atoms with Crippen LogP contribution >= 0.6 is 0 Å². The largest absolute Gasteiger partial charge is 0.369 e. The van der Waals surface area contributed by atoms with E-state index in [4.69, 9.17) is 5.73 Å². The van der Waals surface area contributed by atoms with Crippen molar-refractivity contribution in [1.29, 1.82) is 0 Å². The molecule has 0 aromatic carbocycles. The Kier molecular flexibility index (Phi) is 4.06. The number of aromatic nitrogens is 2. The Hall–Kier alpha value is -2.38. The van der Waals surface area contributed by atoms with Crippen molar-refractivity contribution in [2.24, 2.45) is 17.6 Å². The summed E-state index contributed by atoms with van der Waals surface area (Å²) in [5.74, 6) is 1.39. The molecular weight excluding hydrogens is 296 g/mol. The highest BCUT2D eigenvalue weighted by Gasteiger charge is 2.34. The van der Waals surface area contributed by atoms with Gasteiger partial charge in [0.2, 0.25) is 11.8 Å². The van der Waals surface area contributed by atoms with Crippen LogP contribution in [0.3, 0.4) is 0 Å². The van der Waals surface area contributed by atoms with Crippen LogP contribution in [0.25, 0.3) is 0 Å². The third-order valence-electron chi connectivity index (χ3n) is 4.72. The van der Waals surface area contributed by atoms with Gasteiger partial charge in [-0.1, -0.05) is 6.92 Å². The molecule has 23 heavy (non-hydrogen) atoms. The number of likely N-dealkylation sites (N-methyl/N-ethyl adjacent to an activating group) is 1. The van der Waals surface area contributed by atoms with Crippen LogP contribution in [-0.4, -0.2) is 66.5 Å². The summed E-state index contributed by atoms with van der Waals surface area (Å²) in [6, 6.07) is 1.88. The number of piperazine rings is 1. The van der Waals surface area contributed by atoms with Crippen LogP contribution in [-0.2, 0) is 9.59 Å². The number of hydrogen-bond donors (Lipinski definition) is 1. The van der Waals surface area contributed by atoms with Crippen molar-refractivity contribution in [2.75, 3.05) is 49.6 Å². The predicted octanol–water partition coefficient (Wildman–Crippen LogP) is -0.687. The predicted molar refractivity (Wildman–Crippen MR) is 85.9 cm³/mol. The standard InChI is InChI=1S/C15H22N6O2/c1-10-6-21(7-11(10)15(16)23)13-5-12(17-9-18-13)20-4-3-19(2)14(22)8-20/h5,9-11H,3-4,6-8H2,1-2H3,(H2,16,23)/t10-,11-/m1/s1. The highest BCUT2D eigenvalue weighted by molar-refractivity contribution is 5.82. The van der Waals surface area contributed by atoms with E-state index >= 15 is 0 Å². The molecule has 0 saturated carbocycles. The van der Waals surface area contributed by atoms with Gasteiger partial charge in [-0.05, 0) is 5.92 Å². The molecule has 2 atom stereocenters. The molecule has 0 aliphatic carbocycles. The number of amides is 2. The SMILES string of the molecule is C[C@@H]1CN(c2cc(N3CCN(C)C(=O)C3)ncn2)C[C@H]1C(N)=O. The van der Waals surface area contributed by atoms with Crippen LogP contribution in [0.1, 0.15) is 6.92 Å². The second-order valence-electron chi connectivity index (χ2n) is 6.36. The highest BCUT2D eigenvalue weighted by Crippen LogP contribution is 2.28. The smallest absolute Gasteiger partial charge is 0.241 e. The van der Waals surface area contributed by atoms with E-state index in [-0.39, 0.29) is 23.7 Å². The van der Waals surface area contributed by atoms with E-state index in [9.17, 15) is 9.59 Å². The van der Waals surface area contributed by atoms with Crippen molar-refractivity contribution in [3.05, 3.63) is 12.4 Å². The Morgan fingerprint density at radius 2 is 1.91 bits per heavy atom. The third kappa shape index (κ3) is 3.06. The van der Waals surface area contributed by atoms with Crippen LogP contribution in [0.5, 0.6) is 0 Å². The van der Waals surface area contributed by atoms with E-state index in [2.05, 4.69) is 14.9 Å². The summed E-state index contributed by atoms with van der Waals surface area (Å²) in [5.41, 5.74) is 5.45. The lowest BCUT2D eigenvalue weighted by molar-refractivity contribution is -0.129. The first-order chi connectivity index (χ1) is 11.0. The Labute approximate surface area is 135 Å². The van der Waals surface area contributed by atoms with Gasteiger partial charge in [0.1, 0.15) is 18.0 Å². The maximum Gasteiger partial charge on any atom is 0.241 e. The van der Waals surface area contributed by atoms with Crippen LogP contribution < -0.4 is 15.5 Å². The molecule has 0 spiro atoms. The van der Waals surface area contributed by atoms with Crippen LogP contribution in [0.2, 0.25) is 0 Å². The van der Waals surface area contributed by atoms with E-state index in [1.807, 2.05) is 17.9 Å². The Balaban J connectivity index is 1.76. The summed E-state index contributed by atoms with van der Waals surface area (Å²) in [7, 11) is 1.81. The fraction of sp³-hybridized carbons (Fsp3) is 0.600. The van der Waals surface area contributed by atoms with Crippen molar-refractivity contribution in [3.63, 3.8) is 0 Å². The fourth-order valence-electron chi connectivity index (χ4n) is 3.16. The van der Waals surface area contributed by atoms with Crippen molar-refractivity contribution in [2.45, 2.75) is 6.92 Å². The van der Waals surface area contributed by atoms with Crippen LogP contribution in [0, 0.1) is 11.8 Å². The summed E-state index contributed by atoms with van der Waals surface area (Å²) >= 11 is 0. The van der Waals surface area contributed by atoms with Gasteiger partial charge in [0.25, 0.3) is 0 Å². The Bertz CT molecular complexity index is 622. The second kappa shape index (κ2) is 6.02. The summed E-state index contributed by atoms with van der Waals surface area (Å²) in [4.78, 5) is 37.7. The van der Waals surface area contributed by atoms with E-state index in [1.54, 1.807) is 11.9 Å². The minimum atomic E-state index is -0.265. The van der Waals surface area contributed by atoms with Crippen molar-refractivity contribution >= 4 is 23.5 Å². The Morgan fingerprint density at radius 1 is 1.22 bits per heavy atom. The lowest BCUT2D eigenvalue weighted by atomic mass is 9.98. The maximum absolute atomic E-state index is 11.9.